The molecule has 82 valence electrons. The third-order valence-corrected chi connectivity index (χ3v) is 5.62. The van der Waals surface area contributed by atoms with Crippen LogP contribution in [0, 0.1) is 0 Å². The second-order valence-electron chi connectivity index (χ2n) is 3.94. The van der Waals surface area contributed by atoms with E-state index in [4.69, 9.17) is 4.52 Å². The first-order valence-corrected chi connectivity index (χ1v) is 6.49. The normalized spacial score (nSPS) is 17.5. The quantitative estimate of drug-likeness (QED) is 0.783. The fourth-order valence-corrected chi connectivity index (χ4v) is 4.10. The van der Waals surface area contributed by atoms with Gasteiger partial charge in [-0.05, 0) is 12.1 Å². The molecule has 0 saturated carbocycles. The van der Waals surface area contributed by atoms with Crippen molar-refractivity contribution in [3.05, 3.63) is 24.3 Å². The van der Waals surface area contributed by atoms with Gasteiger partial charge in [0.2, 0.25) is 5.75 Å². The number of fused-ring (bicyclic) bond motifs is 1. The average Bonchev–Trinajstić information content (AvgIpc) is 2.57. The molecule has 0 unspecified atom stereocenters. The van der Waals surface area contributed by atoms with Crippen LogP contribution >= 0.6 is 7.94 Å². The van der Waals surface area contributed by atoms with Crippen molar-refractivity contribution < 1.29 is 4.52 Å². The largest absolute Gasteiger partial charge is 0.437 e. The molecule has 1 N–H and O–H groups in total. The molecule has 1 aromatic carbocycles. The number of hydrogen-bond acceptors (Lipinski definition) is 4. The maximum Gasteiger partial charge on any atom is 0.437 e. The Morgan fingerprint density at radius 2 is 1.67 bits per heavy atom. The van der Waals surface area contributed by atoms with Gasteiger partial charge >= 0.3 is 7.94 Å². The molecule has 5 heteroatoms. The molecular formula is C10H17N3OP+. The Labute approximate surface area is 91.4 Å². The Kier molecular flexibility index (Phi) is 2.59. The summed E-state index contributed by atoms with van der Waals surface area (Å²) in [5, 5.41) is 3.49. The fraction of sp³-hybridized carbons (Fsp3) is 0.400. The highest BCUT2D eigenvalue weighted by Crippen LogP contribution is 2.67. The Bertz CT molecular complexity index is 332. The highest BCUT2D eigenvalue weighted by Gasteiger charge is 2.54. The Balaban J connectivity index is 2.36. The Morgan fingerprint density at radius 1 is 1.07 bits per heavy atom. The minimum atomic E-state index is -1.86. The van der Waals surface area contributed by atoms with Crippen molar-refractivity contribution in [2.24, 2.45) is 0 Å². The SMILES string of the molecule is CN(C)[P+]1(N(C)C)Nc2ccccc2O1. The molecule has 0 atom stereocenters. The van der Waals surface area contributed by atoms with Gasteiger partial charge in [0.15, 0.2) is 0 Å². The van der Waals surface area contributed by atoms with Crippen LogP contribution in [0.2, 0.25) is 0 Å². The smallest absolute Gasteiger partial charge is 0.284 e. The standard InChI is InChI=1S/C10H17N3OP/c1-12(2)15(13(3)4)11-9-7-5-6-8-10(9)14-15/h5-8,11H,1-4H3/q+1. The molecule has 1 aliphatic rings. The van der Waals surface area contributed by atoms with E-state index in [1.54, 1.807) is 0 Å². The van der Waals surface area contributed by atoms with E-state index in [-0.39, 0.29) is 0 Å². The van der Waals surface area contributed by atoms with Crippen LogP contribution in [0.4, 0.5) is 5.69 Å². The van der Waals surface area contributed by atoms with Gasteiger partial charge in [0.05, 0.1) is 0 Å². The van der Waals surface area contributed by atoms with Crippen LogP contribution in [0.1, 0.15) is 0 Å². The summed E-state index contributed by atoms with van der Waals surface area (Å²) in [4.78, 5) is 0. The van der Waals surface area contributed by atoms with Crippen LogP contribution in [-0.4, -0.2) is 37.5 Å². The van der Waals surface area contributed by atoms with Crippen LogP contribution in [0.3, 0.4) is 0 Å². The molecule has 0 saturated heterocycles. The highest BCUT2D eigenvalue weighted by molar-refractivity contribution is 7.68. The number of nitrogens with one attached hydrogen (secondary N) is 1. The molecule has 0 bridgehead atoms. The molecule has 2 rings (SSSR count). The summed E-state index contributed by atoms with van der Waals surface area (Å²) in [6.07, 6.45) is 0. The molecule has 0 aliphatic carbocycles. The van der Waals surface area contributed by atoms with E-state index in [0.29, 0.717) is 0 Å². The number of para-hydroxylation sites is 2. The zero-order chi connectivity index (χ0) is 11.1. The molecule has 1 heterocycles. The highest BCUT2D eigenvalue weighted by atomic mass is 31.2. The minimum Gasteiger partial charge on any atom is -0.284 e. The Hall–Kier alpha value is -0.830. The van der Waals surface area contributed by atoms with Crippen molar-refractivity contribution in [1.82, 2.24) is 9.34 Å². The van der Waals surface area contributed by atoms with E-state index in [1.807, 2.05) is 52.5 Å². The van der Waals surface area contributed by atoms with E-state index in [2.05, 4.69) is 14.4 Å². The lowest BCUT2D eigenvalue weighted by atomic mass is 10.3. The molecule has 15 heavy (non-hydrogen) atoms. The van der Waals surface area contributed by atoms with E-state index in [9.17, 15) is 0 Å². The predicted molar refractivity (Wildman–Crippen MR) is 65.0 cm³/mol. The van der Waals surface area contributed by atoms with Crippen molar-refractivity contribution in [2.45, 2.75) is 0 Å². The number of nitrogens with zero attached hydrogens (tertiary/aromatic N) is 2. The predicted octanol–water partition coefficient (Wildman–Crippen LogP) is 2.29. The molecule has 0 aromatic heterocycles. The van der Waals surface area contributed by atoms with Gasteiger partial charge in [0.1, 0.15) is 5.69 Å². The van der Waals surface area contributed by atoms with Gasteiger partial charge in [0, 0.05) is 28.2 Å². The van der Waals surface area contributed by atoms with E-state index in [1.165, 1.54) is 0 Å². The lowest BCUT2D eigenvalue weighted by Crippen LogP contribution is -2.32. The lowest BCUT2D eigenvalue weighted by molar-refractivity contribution is 0.440. The molecular weight excluding hydrogens is 209 g/mol. The van der Waals surface area contributed by atoms with Gasteiger partial charge in [0.25, 0.3) is 0 Å². The van der Waals surface area contributed by atoms with Gasteiger partial charge in [-0.15, -0.1) is 9.34 Å². The molecule has 1 aromatic rings. The molecule has 0 radical (unpaired) electrons. The third kappa shape index (κ3) is 1.59. The summed E-state index contributed by atoms with van der Waals surface area (Å²) in [6.45, 7) is 0. The van der Waals surface area contributed by atoms with Crippen LogP contribution < -0.4 is 9.61 Å². The summed E-state index contributed by atoms with van der Waals surface area (Å²) in [5.41, 5.74) is 1.08. The summed E-state index contributed by atoms with van der Waals surface area (Å²) >= 11 is 0. The first-order valence-electron chi connectivity index (χ1n) is 4.88. The van der Waals surface area contributed by atoms with Gasteiger partial charge in [-0.25, -0.2) is 0 Å². The maximum absolute atomic E-state index is 6.07. The topological polar surface area (TPSA) is 27.7 Å². The first-order chi connectivity index (χ1) is 7.06. The summed E-state index contributed by atoms with van der Waals surface area (Å²) in [6, 6.07) is 8.05. The van der Waals surface area contributed by atoms with E-state index >= 15 is 0 Å². The van der Waals surface area contributed by atoms with Gasteiger partial charge in [-0.2, -0.15) is 5.09 Å². The monoisotopic (exact) mass is 226 g/mol. The zero-order valence-corrected chi connectivity index (χ0v) is 10.5. The Morgan fingerprint density at radius 3 is 2.20 bits per heavy atom. The fourth-order valence-electron chi connectivity index (χ4n) is 1.68. The van der Waals surface area contributed by atoms with Crippen LogP contribution in [-0.2, 0) is 0 Å². The summed E-state index contributed by atoms with van der Waals surface area (Å²) in [7, 11) is 6.28. The lowest BCUT2D eigenvalue weighted by Gasteiger charge is -2.28. The van der Waals surface area contributed by atoms with Crippen LogP contribution in [0.25, 0.3) is 0 Å². The second-order valence-corrected chi connectivity index (χ2v) is 7.03. The minimum absolute atomic E-state index is 0.938. The van der Waals surface area contributed by atoms with Crippen molar-refractivity contribution in [1.29, 1.82) is 0 Å². The van der Waals surface area contributed by atoms with Gasteiger partial charge in [-0.3, -0.25) is 4.52 Å². The molecule has 0 amide bonds. The van der Waals surface area contributed by atoms with Crippen molar-refractivity contribution in [3.63, 3.8) is 0 Å². The zero-order valence-electron chi connectivity index (χ0n) is 9.56. The number of anilines is 1. The van der Waals surface area contributed by atoms with Crippen molar-refractivity contribution in [2.75, 3.05) is 33.3 Å². The summed E-state index contributed by atoms with van der Waals surface area (Å²) < 4.78 is 10.3. The van der Waals surface area contributed by atoms with E-state index < -0.39 is 7.94 Å². The average molecular weight is 226 g/mol. The van der Waals surface area contributed by atoms with Gasteiger partial charge in [-0.1, -0.05) is 12.1 Å². The number of benzene rings is 1. The first kappa shape index (κ1) is 10.7. The molecule has 0 fully saturated rings. The molecule has 4 nitrogen and oxygen atoms in total. The number of hydrogen-bond donors (Lipinski definition) is 1. The van der Waals surface area contributed by atoms with Crippen LogP contribution in [0.15, 0.2) is 24.3 Å². The molecule has 1 aliphatic heterocycles. The third-order valence-electron chi connectivity index (χ3n) is 2.46. The number of rotatable bonds is 2. The molecule has 0 spiro atoms. The van der Waals surface area contributed by atoms with E-state index in [0.717, 1.165) is 11.4 Å². The van der Waals surface area contributed by atoms with Crippen molar-refractivity contribution >= 4 is 13.6 Å². The van der Waals surface area contributed by atoms with Crippen molar-refractivity contribution in [3.8, 4) is 5.75 Å². The van der Waals surface area contributed by atoms with Crippen LogP contribution in [0.5, 0.6) is 5.75 Å². The maximum atomic E-state index is 6.07. The summed E-state index contributed by atoms with van der Waals surface area (Å²) in [5.74, 6) is 0.938. The second kappa shape index (κ2) is 3.63. The van der Waals surface area contributed by atoms with Gasteiger partial charge < -0.3 is 0 Å².